The van der Waals surface area contributed by atoms with Crippen molar-refractivity contribution >= 4 is 5.97 Å². The zero-order valence-electron chi connectivity index (χ0n) is 7.28. The number of rotatable bonds is 1. The van der Waals surface area contributed by atoms with Gasteiger partial charge in [0.1, 0.15) is 0 Å². The molecule has 0 amide bonds. The Hall–Kier alpha value is 0.286. The number of carbonyl (C=O) groups is 1. The second-order valence-corrected chi connectivity index (χ2v) is 1.77. The fourth-order valence-corrected chi connectivity index (χ4v) is 0.642. The number of nitrogens with two attached hydrogens (primary N) is 1. The van der Waals surface area contributed by atoms with E-state index < -0.39 is 5.97 Å². The quantitative estimate of drug-likeness (QED) is 0.392. The van der Waals surface area contributed by atoms with Gasteiger partial charge in [-0.05, 0) is 12.1 Å². The Morgan fingerprint density at radius 2 is 1.91 bits per heavy atom. The molecule has 1 aromatic carbocycles. The Bertz CT molecular complexity index is 230. The van der Waals surface area contributed by atoms with Crippen LogP contribution in [0, 0.1) is 0 Å². The first kappa shape index (κ1) is 11.3. The molecule has 3 nitrogen and oxygen atoms in total. The van der Waals surface area contributed by atoms with Gasteiger partial charge in [-0.15, -0.1) is 0 Å². The van der Waals surface area contributed by atoms with Crippen LogP contribution < -0.4 is 57.3 Å². The summed E-state index contributed by atoms with van der Waals surface area (Å²) >= 11 is 0. The molecule has 0 atom stereocenters. The van der Waals surface area contributed by atoms with E-state index in [1.54, 1.807) is 24.3 Å². The Labute approximate surface area is 109 Å². The van der Waals surface area contributed by atoms with E-state index in [4.69, 9.17) is 0 Å². The molecule has 0 spiro atoms. The summed E-state index contributed by atoms with van der Waals surface area (Å²) < 4.78 is 0. The van der Waals surface area contributed by atoms with Crippen molar-refractivity contribution in [2.45, 2.75) is 0 Å². The summed E-state index contributed by atoms with van der Waals surface area (Å²) in [6.07, 6.45) is 0. The molecule has 0 aromatic heterocycles. The Balaban J connectivity index is 0. The first-order valence-electron chi connectivity index (χ1n) is 2.80. The number of carbonyl (C=O) groups excluding carboxylic acids is 1. The second kappa shape index (κ2) is 5.88. The van der Waals surface area contributed by atoms with Crippen molar-refractivity contribution in [2.24, 2.45) is 5.90 Å². The maximum absolute atomic E-state index is 10.7. The molecule has 0 saturated carbocycles. The molecule has 0 radical (unpaired) electrons. The predicted molar refractivity (Wildman–Crippen MR) is 37.2 cm³/mol. The molecule has 0 aliphatic heterocycles. The minimum Gasteiger partial charge on any atom is -1.00 e. The summed E-state index contributed by atoms with van der Waals surface area (Å²) in [5.41, 5.74) is 0.463. The molecule has 54 valence electrons. The van der Waals surface area contributed by atoms with Crippen LogP contribution in [0.25, 0.3) is 0 Å². The Morgan fingerprint density at radius 1 is 1.36 bits per heavy atom. The average Bonchev–Trinajstić information content (AvgIpc) is 2.05. The summed E-state index contributed by atoms with van der Waals surface area (Å²) in [4.78, 5) is 14.7. The molecule has 4 heteroatoms. The van der Waals surface area contributed by atoms with Crippen LogP contribution in [-0.4, -0.2) is 5.97 Å². The van der Waals surface area contributed by atoms with Gasteiger partial charge in [0.25, 0.3) is 0 Å². The molecule has 1 rings (SSSR count). The number of hydrogen-bond donors (Lipinski definition) is 1. The second-order valence-electron chi connectivity index (χ2n) is 1.77. The van der Waals surface area contributed by atoms with Crippen molar-refractivity contribution in [3.63, 3.8) is 0 Å². The van der Waals surface area contributed by atoms with E-state index in [1.165, 1.54) is 0 Å². The van der Waals surface area contributed by atoms with E-state index in [0.717, 1.165) is 0 Å². The van der Waals surface area contributed by atoms with Crippen LogP contribution in [0.3, 0.4) is 0 Å². The SMILES string of the molecule is NOC(=O)c1ccccc1.[H-].[K+]. The summed E-state index contributed by atoms with van der Waals surface area (Å²) in [6.45, 7) is 0. The smallest absolute Gasteiger partial charge is 1.00 e. The fourth-order valence-electron chi connectivity index (χ4n) is 0.642. The molecular formula is C7H8KNO2. The monoisotopic (exact) mass is 177 g/mol. The van der Waals surface area contributed by atoms with Crippen LogP contribution in [0.4, 0.5) is 0 Å². The third kappa shape index (κ3) is 3.46. The summed E-state index contributed by atoms with van der Waals surface area (Å²) in [6, 6.07) is 8.57. The van der Waals surface area contributed by atoms with E-state index >= 15 is 0 Å². The molecule has 0 fully saturated rings. The van der Waals surface area contributed by atoms with Crippen LogP contribution in [0.5, 0.6) is 0 Å². The van der Waals surface area contributed by atoms with E-state index in [2.05, 4.69) is 10.7 Å². The molecule has 11 heavy (non-hydrogen) atoms. The van der Waals surface area contributed by atoms with Gasteiger partial charge in [0.15, 0.2) is 0 Å². The largest absolute Gasteiger partial charge is 1.00 e. The third-order valence-corrected chi connectivity index (χ3v) is 1.12. The molecular weight excluding hydrogens is 169 g/mol. The third-order valence-electron chi connectivity index (χ3n) is 1.12. The molecule has 0 heterocycles. The van der Waals surface area contributed by atoms with Gasteiger partial charge < -0.3 is 6.26 Å². The minimum atomic E-state index is -0.513. The summed E-state index contributed by atoms with van der Waals surface area (Å²) in [5, 5.41) is 0. The topological polar surface area (TPSA) is 52.3 Å². The van der Waals surface area contributed by atoms with Gasteiger partial charge in [0.05, 0.1) is 5.56 Å². The summed E-state index contributed by atoms with van der Waals surface area (Å²) in [5.74, 6) is 4.14. The van der Waals surface area contributed by atoms with E-state index in [1.807, 2.05) is 6.07 Å². The standard InChI is InChI=1S/C7H7NO2.K.H/c8-10-7(9)6-4-2-1-3-5-6;;/h1-5H,8H2;;/q;+1;-1. The van der Waals surface area contributed by atoms with Crippen molar-refractivity contribution in [1.29, 1.82) is 0 Å². The van der Waals surface area contributed by atoms with Gasteiger partial charge in [-0.25, -0.2) is 4.79 Å². The minimum absolute atomic E-state index is 0. The average molecular weight is 177 g/mol. The van der Waals surface area contributed by atoms with Gasteiger partial charge in [0, 0.05) is 0 Å². The number of hydrogen-bond acceptors (Lipinski definition) is 3. The van der Waals surface area contributed by atoms with E-state index in [9.17, 15) is 4.79 Å². The first-order chi connectivity index (χ1) is 4.84. The fraction of sp³-hybridized carbons (Fsp3) is 0. The van der Waals surface area contributed by atoms with Crippen LogP contribution in [0.15, 0.2) is 30.3 Å². The molecule has 0 bridgehead atoms. The van der Waals surface area contributed by atoms with Crippen LogP contribution in [0.1, 0.15) is 11.8 Å². The van der Waals surface area contributed by atoms with Crippen molar-refractivity contribution in [1.82, 2.24) is 0 Å². The maximum Gasteiger partial charge on any atom is 1.00 e. The van der Waals surface area contributed by atoms with E-state index in [-0.39, 0.29) is 52.8 Å². The van der Waals surface area contributed by atoms with Gasteiger partial charge in [0.2, 0.25) is 0 Å². The Morgan fingerprint density at radius 3 is 2.36 bits per heavy atom. The van der Waals surface area contributed by atoms with Crippen LogP contribution in [-0.2, 0) is 4.84 Å². The number of benzene rings is 1. The van der Waals surface area contributed by atoms with Crippen molar-refractivity contribution in [3.05, 3.63) is 35.9 Å². The van der Waals surface area contributed by atoms with Crippen molar-refractivity contribution in [2.75, 3.05) is 0 Å². The van der Waals surface area contributed by atoms with Crippen LogP contribution in [0.2, 0.25) is 0 Å². The van der Waals surface area contributed by atoms with Gasteiger partial charge in [-0.2, -0.15) is 5.90 Å². The normalized spacial score (nSPS) is 8.09. The Kier molecular flexibility index (Phi) is 6.03. The maximum atomic E-state index is 10.7. The zero-order valence-corrected chi connectivity index (χ0v) is 9.40. The van der Waals surface area contributed by atoms with Crippen LogP contribution >= 0.6 is 0 Å². The van der Waals surface area contributed by atoms with Gasteiger partial charge in [-0.1, -0.05) is 18.2 Å². The first-order valence-corrected chi connectivity index (χ1v) is 2.80. The predicted octanol–water partition coefficient (Wildman–Crippen LogP) is -2.17. The molecule has 0 aliphatic carbocycles. The van der Waals surface area contributed by atoms with Gasteiger partial charge in [-0.3, -0.25) is 0 Å². The zero-order chi connectivity index (χ0) is 7.40. The summed E-state index contributed by atoms with van der Waals surface area (Å²) in [7, 11) is 0. The van der Waals surface area contributed by atoms with Crippen molar-refractivity contribution in [3.8, 4) is 0 Å². The molecule has 0 unspecified atom stereocenters. The molecule has 1 aromatic rings. The molecule has 2 N–H and O–H groups in total. The molecule has 0 aliphatic rings. The van der Waals surface area contributed by atoms with E-state index in [0.29, 0.717) is 5.56 Å². The molecule has 0 saturated heterocycles. The van der Waals surface area contributed by atoms with Crippen molar-refractivity contribution < 1.29 is 62.4 Å². The van der Waals surface area contributed by atoms with Gasteiger partial charge >= 0.3 is 57.4 Å².